The number of nitrogens with one attached hydrogen (secondary N) is 3. The van der Waals surface area contributed by atoms with Crippen LogP contribution in [0.25, 0.3) is 0 Å². The molecule has 0 aromatic heterocycles. The highest BCUT2D eigenvalue weighted by molar-refractivity contribution is 7.80. The summed E-state index contributed by atoms with van der Waals surface area (Å²) >= 11 is 5.56. The Kier molecular flexibility index (Phi) is 5.62. The van der Waals surface area contributed by atoms with E-state index in [1.165, 1.54) is 25.7 Å². The van der Waals surface area contributed by atoms with E-state index in [9.17, 15) is 4.79 Å². The van der Waals surface area contributed by atoms with E-state index in [1.807, 2.05) is 48.5 Å². The molecule has 2 aromatic carbocycles. The Labute approximate surface area is 172 Å². The van der Waals surface area contributed by atoms with E-state index < -0.39 is 0 Å². The van der Waals surface area contributed by atoms with Gasteiger partial charge in [0.25, 0.3) is 5.91 Å². The van der Waals surface area contributed by atoms with Crippen LogP contribution < -0.4 is 16.0 Å². The Hall–Kier alpha value is -2.40. The van der Waals surface area contributed by atoms with Crippen molar-refractivity contribution in [1.29, 1.82) is 0 Å². The van der Waals surface area contributed by atoms with E-state index in [4.69, 9.17) is 12.2 Å². The zero-order chi connectivity index (χ0) is 19.5. The highest BCUT2D eigenvalue weighted by Crippen LogP contribution is 2.44. The topological polar surface area (TPSA) is 53.2 Å². The van der Waals surface area contributed by atoms with Crippen molar-refractivity contribution in [2.45, 2.75) is 44.7 Å². The van der Waals surface area contributed by atoms with Gasteiger partial charge < -0.3 is 16.0 Å². The lowest BCUT2D eigenvalue weighted by atomic mass is 9.95. The lowest BCUT2D eigenvalue weighted by Crippen LogP contribution is -2.44. The number of carbonyl (C=O) groups excluding carboxylic acids is 1. The molecule has 2 aromatic rings. The van der Waals surface area contributed by atoms with Gasteiger partial charge in [0.1, 0.15) is 0 Å². The van der Waals surface area contributed by atoms with Crippen LogP contribution >= 0.6 is 12.2 Å². The molecule has 3 N–H and O–H groups in total. The molecule has 4 rings (SSSR count). The summed E-state index contributed by atoms with van der Waals surface area (Å²) in [4.78, 5) is 12.4. The molecule has 0 spiro atoms. The van der Waals surface area contributed by atoms with Crippen molar-refractivity contribution in [2.24, 2.45) is 11.8 Å². The van der Waals surface area contributed by atoms with Gasteiger partial charge in [0.2, 0.25) is 0 Å². The Morgan fingerprint density at radius 2 is 1.89 bits per heavy atom. The normalized spacial score (nSPS) is 23.8. The summed E-state index contributed by atoms with van der Waals surface area (Å²) in [6, 6.07) is 17.8. The van der Waals surface area contributed by atoms with Crippen LogP contribution in [0.5, 0.6) is 0 Å². The molecule has 146 valence electrons. The van der Waals surface area contributed by atoms with Crippen molar-refractivity contribution in [3.05, 3.63) is 65.7 Å². The second-order valence-corrected chi connectivity index (χ2v) is 8.47. The van der Waals surface area contributed by atoms with Gasteiger partial charge >= 0.3 is 0 Å². The van der Waals surface area contributed by atoms with Crippen LogP contribution in [0.3, 0.4) is 0 Å². The first kappa shape index (κ1) is 18.9. The zero-order valence-corrected chi connectivity index (χ0v) is 17.0. The van der Waals surface area contributed by atoms with Gasteiger partial charge in [0, 0.05) is 17.3 Å². The van der Waals surface area contributed by atoms with Crippen LogP contribution in [-0.4, -0.2) is 17.1 Å². The Bertz CT molecular complexity index is 854. The van der Waals surface area contributed by atoms with E-state index in [0.717, 1.165) is 28.2 Å². The lowest BCUT2D eigenvalue weighted by molar-refractivity contribution is 0.102. The molecule has 4 unspecified atom stereocenters. The third-order valence-electron chi connectivity index (χ3n) is 6.08. The van der Waals surface area contributed by atoms with Gasteiger partial charge in [-0.25, -0.2) is 0 Å². The van der Waals surface area contributed by atoms with Crippen molar-refractivity contribution in [3.63, 3.8) is 0 Å². The van der Waals surface area contributed by atoms with Crippen molar-refractivity contribution in [1.82, 2.24) is 10.6 Å². The number of thiocarbonyl (C=S) groups is 1. The summed E-state index contributed by atoms with van der Waals surface area (Å²) in [6.45, 7) is 2.09. The molecular formula is C23H27N3OS. The predicted molar refractivity (Wildman–Crippen MR) is 117 cm³/mol. The quantitative estimate of drug-likeness (QED) is 0.647. The van der Waals surface area contributed by atoms with Crippen molar-refractivity contribution < 1.29 is 4.79 Å². The Morgan fingerprint density at radius 1 is 1.07 bits per heavy atom. The molecule has 2 saturated carbocycles. The van der Waals surface area contributed by atoms with Gasteiger partial charge in [0.05, 0.1) is 6.04 Å². The first-order valence-corrected chi connectivity index (χ1v) is 10.5. The molecule has 2 bridgehead atoms. The number of hydrogen-bond acceptors (Lipinski definition) is 2. The molecule has 4 nitrogen and oxygen atoms in total. The lowest BCUT2D eigenvalue weighted by Gasteiger charge is -2.26. The molecule has 4 atom stereocenters. The summed E-state index contributed by atoms with van der Waals surface area (Å²) < 4.78 is 0. The van der Waals surface area contributed by atoms with E-state index >= 15 is 0 Å². The molecule has 0 heterocycles. The largest absolute Gasteiger partial charge is 0.360 e. The molecule has 2 fully saturated rings. The van der Waals surface area contributed by atoms with Crippen molar-refractivity contribution in [3.8, 4) is 0 Å². The van der Waals surface area contributed by atoms with Gasteiger partial charge in [-0.2, -0.15) is 0 Å². The fourth-order valence-electron chi connectivity index (χ4n) is 4.59. The van der Waals surface area contributed by atoms with Gasteiger partial charge in [-0.1, -0.05) is 36.8 Å². The SMILES string of the molecule is CC(NC(=S)NC1CC2CCC1C2)c1cccc(NC(=O)c2ccccc2)c1. The first-order chi connectivity index (χ1) is 13.6. The number of fused-ring (bicyclic) bond motifs is 2. The molecular weight excluding hydrogens is 366 g/mol. The van der Waals surface area contributed by atoms with Crippen molar-refractivity contribution >= 4 is 28.9 Å². The van der Waals surface area contributed by atoms with Crippen molar-refractivity contribution in [2.75, 3.05) is 5.32 Å². The fourth-order valence-corrected chi connectivity index (χ4v) is 4.92. The minimum absolute atomic E-state index is 0.0622. The predicted octanol–water partition coefficient (Wildman–Crippen LogP) is 4.65. The molecule has 0 aliphatic heterocycles. The van der Waals surface area contributed by atoms with Crippen LogP contribution in [0.4, 0.5) is 5.69 Å². The Morgan fingerprint density at radius 3 is 2.61 bits per heavy atom. The van der Waals surface area contributed by atoms with Gasteiger partial charge in [-0.15, -0.1) is 0 Å². The second-order valence-electron chi connectivity index (χ2n) is 8.07. The average molecular weight is 394 g/mol. The minimum Gasteiger partial charge on any atom is -0.360 e. The highest BCUT2D eigenvalue weighted by Gasteiger charge is 2.39. The number of rotatable bonds is 5. The summed E-state index contributed by atoms with van der Waals surface area (Å²) in [5, 5.41) is 10.6. The summed E-state index contributed by atoms with van der Waals surface area (Å²) in [5.41, 5.74) is 2.52. The minimum atomic E-state index is -0.105. The first-order valence-electron chi connectivity index (χ1n) is 10.1. The number of anilines is 1. The maximum Gasteiger partial charge on any atom is 0.255 e. The zero-order valence-electron chi connectivity index (χ0n) is 16.2. The Balaban J connectivity index is 1.34. The third kappa shape index (κ3) is 4.36. The van der Waals surface area contributed by atoms with E-state index in [1.54, 1.807) is 0 Å². The number of carbonyl (C=O) groups is 1. The van der Waals surface area contributed by atoms with Crippen LogP contribution in [0, 0.1) is 11.8 Å². The smallest absolute Gasteiger partial charge is 0.255 e. The summed E-state index contributed by atoms with van der Waals surface area (Å²) in [7, 11) is 0. The molecule has 5 heteroatoms. The average Bonchev–Trinajstić information content (AvgIpc) is 3.32. The van der Waals surface area contributed by atoms with Crippen LogP contribution in [-0.2, 0) is 0 Å². The van der Waals surface area contributed by atoms with Crippen LogP contribution in [0.15, 0.2) is 54.6 Å². The van der Waals surface area contributed by atoms with Gasteiger partial charge in [-0.3, -0.25) is 4.79 Å². The fraction of sp³-hybridized carbons (Fsp3) is 0.391. The molecule has 2 aliphatic carbocycles. The number of hydrogen-bond donors (Lipinski definition) is 3. The summed E-state index contributed by atoms with van der Waals surface area (Å²) in [5.74, 6) is 1.58. The van der Waals surface area contributed by atoms with Gasteiger partial charge in [0.15, 0.2) is 5.11 Å². The summed E-state index contributed by atoms with van der Waals surface area (Å²) in [6.07, 6.45) is 5.34. The highest BCUT2D eigenvalue weighted by atomic mass is 32.1. The third-order valence-corrected chi connectivity index (χ3v) is 6.32. The molecule has 0 saturated heterocycles. The number of amides is 1. The monoisotopic (exact) mass is 393 g/mol. The van der Waals surface area contributed by atoms with Gasteiger partial charge in [-0.05, 0) is 80.1 Å². The van der Waals surface area contributed by atoms with Crippen LogP contribution in [0.1, 0.15) is 54.6 Å². The molecule has 0 radical (unpaired) electrons. The molecule has 2 aliphatic rings. The van der Waals surface area contributed by atoms with E-state index in [-0.39, 0.29) is 11.9 Å². The second kappa shape index (κ2) is 8.31. The van der Waals surface area contributed by atoms with Crippen LogP contribution in [0.2, 0.25) is 0 Å². The standard InChI is InChI=1S/C23H27N3OS/c1-15(24-23(28)26-21-13-16-10-11-19(21)12-16)18-8-5-9-20(14-18)25-22(27)17-6-3-2-4-7-17/h2-9,14-16,19,21H,10-13H2,1H3,(H,25,27)(H2,24,26,28). The molecule has 28 heavy (non-hydrogen) atoms. The maximum atomic E-state index is 12.4. The molecule has 1 amide bonds. The number of benzene rings is 2. The maximum absolute atomic E-state index is 12.4. The van der Waals surface area contributed by atoms with E-state index in [2.05, 4.69) is 28.9 Å². The van der Waals surface area contributed by atoms with E-state index in [0.29, 0.717) is 11.6 Å².